The number of halogens is 2. The molecule has 1 saturated heterocycles. The standard InChI is InChI=1S/C31H31Cl2N5O5/c1-5-26(39)35-21-16-19(38-13-11-37(6-2)12-14-38)8-9-20(21)34-25-10-7-18-15-24(43-31(18)36-25)30(40)27-28(32)22(41-3)17-23(42-4)29(27)33/h5,7-10,15-17H,1,6,11-14H2,2-4H3,(H,34,36)(H,35,39). The number of benzene rings is 2. The Hall–Kier alpha value is -4.25. The van der Waals surface area contributed by atoms with Gasteiger partial charge in [0.2, 0.25) is 17.4 Å². The minimum absolute atomic E-state index is 0.00395. The number of fused-ring (bicyclic) bond motifs is 1. The number of furan rings is 1. The number of pyridine rings is 1. The second-order valence-corrected chi connectivity index (χ2v) is 10.5. The van der Waals surface area contributed by atoms with Crippen LogP contribution in [0.3, 0.4) is 0 Å². The quantitative estimate of drug-likeness (QED) is 0.153. The summed E-state index contributed by atoms with van der Waals surface area (Å²) in [6, 6.07) is 12.4. The number of rotatable bonds is 10. The number of ketones is 1. The van der Waals surface area contributed by atoms with Gasteiger partial charge >= 0.3 is 0 Å². The number of anilines is 4. The summed E-state index contributed by atoms with van der Waals surface area (Å²) < 4.78 is 16.4. The van der Waals surface area contributed by atoms with Gasteiger partial charge in [0.05, 0.1) is 41.2 Å². The third-order valence-electron chi connectivity index (χ3n) is 7.30. The van der Waals surface area contributed by atoms with Crippen LogP contribution in [0.25, 0.3) is 11.1 Å². The number of methoxy groups -OCH3 is 2. The molecule has 0 radical (unpaired) electrons. The fourth-order valence-electron chi connectivity index (χ4n) is 4.89. The van der Waals surface area contributed by atoms with Crippen molar-refractivity contribution >= 4 is 68.9 Å². The molecule has 10 nitrogen and oxygen atoms in total. The first-order valence-corrected chi connectivity index (χ1v) is 14.4. The molecule has 0 atom stereocenters. The molecule has 2 N–H and O–H groups in total. The lowest BCUT2D eigenvalue weighted by molar-refractivity contribution is -0.111. The largest absolute Gasteiger partial charge is 0.495 e. The smallest absolute Gasteiger partial charge is 0.247 e. The number of nitrogens with one attached hydrogen (secondary N) is 2. The number of carbonyl (C=O) groups excluding carboxylic acids is 2. The minimum Gasteiger partial charge on any atom is -0.495 e. The Morgan fingerprint density at radius 3 is 2.33 bits per heavy atom. The highest BCUT2D eigenvalue weighted by Gasteiger charge is 2.26. The van der Waals surface area contributed by atoms with Crippen molar-refractivity contribution < 1.29 is 23.5 Å². The third-order valence-corrected chi connectivity index (χ3v) is 8.05. The average molecular weight is 625 g/mol. The van der Waals surface area contributed by atoms with E-state index in [4.69, 9.17) is 37.1 Å². The van der Waals surface area contributed by atoms with Crippen molar-refractivity contribution in [3.8, 4) is 11.5 Å². The zero-order valence-electron chi connectivity index (χ0n) is 24.0. The Kier molecular flexibility index (Phi) is 9.10. The summed E-state index contributed by atoms with van der Waals surface area (Å²) in [5.41, 5.74) is 2.43. The Balaban J connectivity index is 1.43. The monoisotopic (exact) mass is 623 g/mol. The summed E-state index contributed by atoms with van der Waals surface area (Å²) in [5, 5.41) is 6.81. The highest BCUT2D eigenvalue weighted by molar-refractivity contribution is 6.42. The lowest BCUT2D eigenvalue weighted by atomic mass is 10.1. The Labute approximate surface area is 259 Å². The SMILES string of the molecule is C=CC(=O)Nc1cc(N2CCN(CC)CC2)ccc1Nc1ccc2cc(C(=O)c3c(Cl)c(OC)cc(OC)c3Cl)oc2n1. The van der Waals surface area contributed by atoms with Crippen LogP contribution < -0.4 is 25.0 Å². The normalized spacial score (nSPS) is 13.6. The summed E-state index contributed by atoms with van der Waals surface area (Å²) in [7, 11) is 2.86. The molecular weight excluding hydrogens is 593 g/mol. The molecule has 224 valence electrons. The zero-order valence-corrected chi connectivity index (χ0v) is 25.5. The average Bonchev–Trinajstić information content (AvgIpc) is 3.45. The van der Waals surface area contributed by atoms with E-state index in [0.29, 0.717) is 22.6 Å². The van der Waals surface area contributed by atoms with Crippen molar-refractivity contribution in [2.24, 2.45) is 0 Å². The van der Waals surface area contributed by atoms with Crippen LogP contribution in [-0.2, 0) is 4.79 Å². The van der Waals surface area contributed by atoms with Crippen molar-refractivity contribution in [3.05, 3.63) is 76.5 Å². The number of hydrogen-bond acceptors (Lipinski definition) is 9. The second-order valence-electron chi connectivity index (χ2n) is 9.78. The molecule has 2 aromatic carbocycles. The van der Waals surface area contributed by atoms with Gasteiger partial charge in [-0.2, -0.15) is 4.98 Å². The van der Waals surface area contributed by atoms with E-state index >= 15 is 0 Å². The molecule has 5 rings (SSSR count). The van der Waals surface area contributed by atoms with Gasteiger partial charge in [0, 0.05) is 43.3 Å². The highest BCUT2D eigenvalue weighted by atomic mass is 35.5. The lowest BCUT2D eigenvalue weighted by Crippen LogP contribution is -2.46. The Morgan fingerprint density at radius 1 is 1.00 bits per heavy atom. The first-order valence-electron chi connectivity index (χ1n) is 13.6. The molecule has 1 amide bonds. The topological polar surface area (TPSA) is 109 Å². The summed E-state index contributed by atoms with van der Waals surface area (Å²) >= 11 is 12.9. The third kappa shape index (κ3) is 6.27. The second kappa shape index (κ2) is 12.9. The fraction of sp³-hybridized carbons (Fsp3) is 0.258. The van der Waals surface area contributed by atoms with E-state index < -0.39 is 5.78 Å². The van der Waals surface area contributed by atoms with Crippen LogP contribution in [0, 0.1) is 0 Å². The molecule has 1 fully saturated rings. The van der Waals surface area contributed by atoms with Gasteiger partial charge in [0.15, 0.2) is 5.76 Å². The molecule has 2 aromatic heterocycles. The number of carbonyl (C=O) groups is 2. The van der Waals surface area contributed by atoms with Crippen LogP contribution >= 0.6 is 23.2 Å². The summed E-state index contributed by atoms with van der Waals surface area (Å²) in [6.07, 6.45) is 1.22. The van der Waals surface area contributed by atoms with Crippen molar-refractivity contribution in [2.75, 3.05) is 62.5 Å². The van der Waals surface area contributed by atoms with E-state index in [1.54, 1.807) is 18.2 Å². The van der Waals surface area contributed by atoms with Gasteiger partial charge in [-0.15, -0.1) is 0 Å². The van der Waals surface area contributed by atoms with Crippen LogP contribution in [0.1, 0.15) is 23.0 Å². The Morgan fingerprint density at radius 2 is 1.70 bits per heavy atom. The molecule has 0 spiro atoms. The summed E-state index contributed by atoms with van der Waals surface area (Å²) in [5.74, 6) is 0.0225. The van der Waals surface area contributed by atoms with Crippen molar-refractivity contribution in [1.82, 2.24) is 9.88 Å². The van der Waals surface area contributed by atoms with Gasteiger partial charge < -0.3 is 34.3 Å². The van der Waals surface area contributed by atoms with Crippen LogP contribution in [0.2, 0.25) is 10.0 Å². The van der Waals surface area contributed by atoms with Crippen LogP contribution in [0.4, 0.5) is 22.9 Å². The molecule has 43 heavy (non-hydrogen) atoms. The molecule has 1 aliphatic heterocycles. The zero-order chi connectivity index (χ0) is 30.7. The van der Waals surface area contributed by atoms with Crippen molar-refractivity contribution in [2.45, 2.75) is 6.92 Å². The van der Waals surface area contributed by atoms with Gasteiger partial charge in [-0.1, -0.05) is 36.7 Å². The van der Waals surface area contributed by atoms with E-state index in [9.17, 15) is 9.59 Å². The van der Waals surface area contributed by atoms with Crippen LogP contribution in [-0.4, -0.2) is 68.5 Å². The first kappa shape index (κ1) is 30.2. The van der Waals surface area contributed by atoms with Crippen molar-refractivity contribution in [1.29, 1.82) is 0 Å². The van der Waals surface area contributed by atoms with Crippen molar-refractivity contribution in [3.63, 3.8) is 0 Å². The first-order chi connectivity index (χ1) is 20.8. The van der Waals surface area contributed by atoms with E-state index in [0.717, 1.165) is 38.4 Å². The molecule has 0 unspecified atom stereocenters. The minimum atomic E-state index is -0.551. The number of hydrogen-bond donors (Lipinski definition) is 2. The predicted molar refractivity (Wildman–Crippen MR) is 170 cm³/mol. The van der Waals surface area contributed by atoms with E-state index in [1.165, 1.54) is 26.4 Å². The van der Waals surface area contributed by atoms with Gasteiger partial charge in [0.1, 0.15) is 17.3 Å². The van der Waals surface area contributed by atoms with Gasteiger partial charge in [-0.05, 0) is 49.0 Å². The lowest BCUT2D eigenvalue weighted by Gasteiger charge is -2.35. The van der Waals surface area contributed by atoms with Gasteiger partial charge in [-0.3, -0.25) is 9.59 Å². The number of nitrogens with zero attached hydrogens (tertiary/aromatic N) is 3. The maximum absolute atomic E-state index is 13.5. The van der Waals surface area contributed by atoms with Crippen LogP contribution in [0.5, 0.6) is 11.5 Å². The molecule has 1 aliphatic rings. The van der Waals surface area contributed by atoms with Gasteiger partial charge in [0.25, 0.3) is 0 Å². The van der Waals surface area contributed by atoms with E-state index in [-0.39, 0.29) is 44.5 Å². The molecular formula is C31H31Cl2N5O5. The van der Waals surface area contributed by atoms with Gasteiger partial charge in [-0.25, -0.2) is 0 Å². The maximum Gasteiger partial charge on any atom is 0.247 e. The number of aromatic nitrogens is 1. The molecule has 12 heteroatoms. The number of amides is 1. The molecule has 0 bridgehead atoms. The van der Waals surface area contributed by atoms with E-state index in [2.05, 4.69) is 38.9 Å². The number of likely N-dealkylation sites (N-methyl/N-ethyl adjacent to an activating group) is 1. The fourth-order valence-corrected chi connectivity index (χ4v) is 5.57. The molecule has 0 saturated carbocycles. The van der Waals surface area contributed by atoms with Crippen LogP contribution in [0.15, 0.2) is 59.5 Å². The molecule has 0 aliphatic carbocycles. The Bertz CT molecular complexity index is 1670. The van der Waals surface area contributed by atoms with E-state index in [1.807, 2.05) is 18.2 Å². The number of ether oxygens (including phenoxy) is 2. The number of piperazine rings is 1. The summed E-state index contributed by atoms with van der Waals surface area (Å²) in [6.45, 7) is 10.5. The molecule has 4 aromatic rings. The maximum atomic E-state index is 13.5. The predicted octanol–water partition coefficient (Wildman–Crippen LogP) is 6.39. The molecule has 3 heterocycles. The highest BCUT2D eigenvalue weighted by Crippen LogP contribution is 2.42. The summed E-state index contributed by atoms with van der Waals surface area (Å²) in [4.78, 5) is 35.0.